The monoisotopic (exact) mass is 318 g/mol. The molecule has 1 aromatic carbocycles. The van der Waals surface area contributed by atoms with E-state index < -0.39 is 10.8 Å². The minimum Gasteiger partial charge on any atom is -0.259 e. The van der Waals surface area contributed by atoms with Crippen LogP contribution in [0.4, 0.5) is 0 Å². The molecule has 1 aromatic rings. The van der Waals surface area contributed by atoms with E-state index in [1.165, 1.54) is 50.5 Å². The van der Waals surface area contributed by atoms with E-state index in [-0.39, 0.29) is 0 Å². The average Bonchev–Trinajstić information content (AvgIpc) is 3.14. The standard InChI is InChI=1S/C20H30OS/c21-22(16-17-8-4-3-5-9-17)13-7-2-1-6-10-19-14-18-11-12-20(19)15-18/h3-5,8-9,18-20H,1-2,6-7,10-16H2. The molecule has 4 unspecified atom stereocenters. The van der Waals surface area contributed by atoms with Crippen molar-refractivity contribution in [3.05, 3.63) is 35.9 Å². The number of unbranched alkanes of at least 4 members (excludes halogenated alkanes) is 3. The first-order chi connectivity index (χ1) is 10.8. The summed E-state index contributed by atoms with van der Waals surface area (Å²) in [6, 6.07) is 10.2. The van der Waals surface area contributed by atoms with Gasteiger partial charge in [0.15, 0.2) is 0 Å². The second kappa shape index (κ2) is 8.29. The van der Waals surface area contributed by atoms with Crippen molar-refractivity contribution in [3.63, 3.8) is 0 Å². The van der Waals surface area contributed by atoms with E-state index in [9.17, 15) is 4.21 Å². The zero-order valence-corrected chi connectivity index (χ0v) is 14.5. The van der Waals surface area contributed by atoms with Crippen LogP contribution in [-0.2, 0) is 16.6 Å². The van der Waals surface area contributed by atoms with Crippen molar-refractivity contribution in [3.8, 4) is 0 Å². The Kier molecular flexibility index (Phi) is 6.12. The molecular weight excluding hydrogens is 288 g/mol. The highest BCUT2D eigenvalue weighted by atomic mass is 32.2. The van der Waals surface area contributed by atoms with Crippen LogP contribution in [0, 0.1) is 17.8 Å². The van der Waals surface area contributed by atoms with Crippen LogP contribution in [0.5, 0.6) is 0 Å². The Bertz CT molecular complexity index is 470. The first-order valence-electron chi connectivity index (χ1n) is 9.20. The molecule has 0 saturated heterocycles. The van der Waals surface area contributed by atoms with Crippen LogP contribution in [-0.4, -0.2) is 9.96 Å². The first-order valence-corrected chi connectivity index (χ1v) is 10.7. The molecule has 2 heteroatoms. The Labute approximate surface area is 138 Å². The van der Waals surface area contributed by atoms with Crippen LogP contribution in [0.3, 0.4) is 0 Å². The molecule has 2 bridgehead atoms. The quantitative estimate of drug-likeness (QED) is 0.563. The van der Waals surface area contributed by atoms with Gasteiger partial charge in [-0.25, -0.2) is 0 Å². The summed E-state index contributed by atoms with van der Waals surface area (Å²) < 4.78 is 12.1. The van der Waals surface area contributed by atoms with E-state index in [0.717, 1.165) is 35.7 Å². The topological polar surface area (TPSA) is 17.1 Å². The van der Waals surface area contributed by atoms with Crippen molar-refractivity contribution in [1.82, 2.24) is 0 Å². The van der Waals surface area contributed by atoms with Gasteiger partial charge in [-0.3, -0.25) is 4.21 Å². The highest BCUT2D eigenvalue weighted by Crippen LogP contribution is 2.49. The number of hydrogen-bond donors (Lipinski definition) is 0. The molecule has 22 heavy (non-hydrogen) atoms. The molecule has 0 spiro atoms. The third-order valence-electron chi connectivity index (χ3n) is 5.75. The first kappa shape index (κ1) is 16.2. The Hall–Kier alpha value is -0.630. The predicted molar refractivity (Wildman–Crippen MR) is 95.2 cm³/mol. The molecule has 0 radical (unpaired) electrons. The maximum Gasteiger partial charge on any atom is 0.0485 e. The second-order valence-electron chi connectivity index (χ2n) is 7.41. The van der Waals surface area contributed by atoms with Crippen LogP contribution < -0.4 is 0 Å². The molecule has 3 rings (SSSR count). The fourth-order valence-electron chi connectivity index (χ4n) is 4.59. The van der Waals surface area contributed by atoms with E-state index in [1.54, 1.807) is 6.42 Å². The van der Waals surface area contributed by atoms with Crippen molar-refractivity contribution in [2.75, 3.05) is 5.75 Å². The fraction of sp³-hybridized carbons (Fsp3) is 0.700. The lowest BCUT2D eigenvalue weighted by molar-refractivity contribution is 0.305. The zero-order chi connectivity index (χ0) is 15.2. The molecule has 0 heterocycles. The third-order valence-corrected chi connectivity index (χ3v) is 7.15. The van der Waals surface area contributed by atoms with Crippen molar-refractivity contribution in [2.45, 2.75) is 63.5 Å². The average molecular weight is 319 g/mol. The van der Waals surface area contributed by atoms with Crippen LogP contribution in [0.1, 0.15) is 63.4 Å². The van der Waals surface area contributed by atoms with Gasteiger partial charge in [0.2, 0.25) is 0 Å². The summed E-state index contributed by atoms with van der Waals surface area (Å²) in [4.78, 5) is 0. The van der Waals surface area contributed by atoms with Crippen LogP contribution >= 0.6 is 0 Å². The molecule has 0 amide bonds. The smallest absolute Gasteiger partial charge is 0.0485 e. The van der Waals surface area contributed by atoms with E-state index in [1.807, 2.05) is 18.2 Å². The van der Waals surface area contributed by atoms with Crippen molar-refractivity contribution in [1.29, 1.82) is 0 Å². The molecule has 1 nitrogen and oxygen atoms in total. The summed E-state index contributed by atoms with van der Waals surface area (Å²) in [5.74, 6) is 4.85. The van der Waals surface area contributed by atoms with Gasteiger partial charge < -0.3 is 0 Å². The molecule has 0 aromatic heterocycles. The van der Waals surface area contributed by atoms with Gasteiger partial charge >= 0.3 is 0 Å². The highest BCUT2D eigenvalue weighted by Gasteiger charge is 2.38. The van der Waals surface area contributed by atoms with E-state index in [4.69, 9.17) is 0 Å². The van der Waals surface area contributed by atoms with Crippen LogP contribution in [0.25, 0.3) is 0 Å². The summed E-state index contributed by atoms with van der Waals surface area (Å²) in [5.41, 5.74) is 1.21. The van der Waals surface area contributed by atoms with Crippen LogP contribution in [0.15, 0.2) is 30.3 Å². The maximum absolute atomic E-state index is 12.1. The molecule has 4 atom stereocenters. The highest BCUT2D eigenvalue weighted by molar-refractivity contribution is 7.84. The number of rotatable bonds is 9. The molecular formula is C20H30OS. The molecule has 0 aliphatic heterocycles. The summed E-state index contributed by atoms with van der Waals surface area (Å²) in [6.45, 7) is 0. The molecule has 122 valence electrons. The van der Waals surface area contributed by atoms with E-state index in [0.29, 0.717) is 0 Å². The predicted octanol–water partition coefficient (Wildman–Crippen LogP) is 5.32. The van der Waals surface area contributed by atoms with Crippen molar-refractivity contribution >= 4 is 10.8 Å². The van der Waals surface area contributed by atoms with Crippen LogP contribution in [0.2, 0.25) is 0 Å². The maximum atomic E-state index is 12.1. The van der Waals surface area contributed by atoms with Gasteiger partial charge in [0.05, 0.1) is 0 Å². The Morgan fingerprint density at radius 2 is 1.77 bits per heavy atom. The van der Waals surface area contributed by atoms with E-state index in [2.05, 4.69) is 12.1 Å². The van der Waals surface area contributed by atoms with Gasteiger partial charge in [0.1, 0.15) is 0 Å². The van der Waals surface area contributed by atoms with Gasteiger partial charge in [-0.1, -0.05) is 62.4 Å². The lowest BCUT2D eigenvalue weighted by Crippen LogP contribution is -2.10. The summed E-state index contributed by atoms with van der Waals surface area (Å²) >= 11 is 0. The fourth-order valence-corrected chi connectivity index (χ4v) is 5.82. The molecule has 2 aliphatic rings. The Morgan fingerprint density at radius 1 is 0.955 bits per heavy atom. The summed E-state index contributed by atoms with van der Waals surface area (Å²) in [5, 5.41) is 0. The van der Waals surface area contributed by atoms with E-state index >= 15 is 0 Å². The van der Waals surface area contributed by atoms with Gasteiger partial charge in [-0.2, -0.15) is 0 Å². The summed E-state index contributed by atoms with van der Waals surface area (Å²) in [6.07, 6.45) is 12.7. The molecule has 2 aliphatic carbocycles. The Balaban J connectivity index is 1.21. The molecule has 2 saturated carbocycles. The van der Waals surface area contributed by atoms with Gasteiger partial charge in [-0.05, 0) is 49.0 Å². The summed E-state index contributed by atoms with van der Waals surface area (Å²) in [7, 11) is -0.680. The van der Waals surface area contributed by atoms with Gasteiger partial charge in [0.25, 0.3) is 0 Å². The normalized spacial score (nSPS) is 28.1. The number of fused-ring (bicyclic) bond motifs is 2. The lowest BCUT2D eigenvalue weighted by Gasteiger charge is -2.21. The van der Waals surface area contributed by atoms with Gasteiger partial charge in [-0.15, -0.1) is 0 Å². The van der Waals surface area contributed by atoms with Crippen molar-refractivity contribution in [2.24, 2.45) is 17.8 Å². The minimum absolute atomic E-state index is 0.680. The molecule has 0 N–H and O–H groups in total. The Morgan fingerprint density at radius 3 is 2.50 bits per heavy atom. The lowest BCUT2D eigenvalue weighted by atomic mass is 9.85. The largest absolute Gasteiger partial charge is 0.259 e. The zero-order valence-electron chi connectivity index (χ0n) is 13.7. The van der Waals surface area contributed by atoms with Crippen molar-refractivity contribution < 1.29 is 4.21 Å². The SMILES string of the molecule is O=S(CCCCCCC1CC2CCC1C2)Cc1ccccc1. The van der Waals surface area contributed by atoms with Gasteiger partial charge in [0, 0.05) is 22.3 Å². The number of benzene rings is 1. The third kappa shape index (κ3) is 4.68. The molecule has 2 fully saturated rings. The second-order valence-corrected chi connectivity index (χ2v) is 8.99. The minimum atomic E-state index is -0.680. The number of hydrogen-bond acceptors (Lipinski definition) is 1.